The number of nitrogens with two attached hydrogens (primary N) is 12. The second-order valence-corrected chi connectivity index (χ2v) is 19.7. The van der Waals surface area contributed by atoms with E-state index in [0.29, 0.717) is 11.4 Å². The van der Waals surface area contributed by atoms with Crippen LogP contribution in [0, 0.1) is 105 Å². The average Bonchev–Trinajstić information content (AvgIpc) is 0.751. The van der Waals surface area contributed by atoms with Crippen molar-refractivity contribution in [1.29, 1.82) is 0 Å². The maximum Gasteiger partial charge on any atom is 0.418 e. The zero-order chi connectivity index (χ0) is 74.2. The largest absolute Gasteiger partial charge is 0.418 e. The van der Waals surface area contributed by atoms with Crippen molar-refractivity contribution >= 4 is 68.2 Å². The van der Waals surface area contributed by atoms with Crippen molar-refractivity contribution in [3.05, 3.63) is 237 Å². The van der Waals surface area contributed by atoms with E-state index in [1.54, 1.807) is 0 Å². The third kappa shape index (κ3) is 18.1. The van der Waals surface area contributed by atoms with E-state index >= 15 is 0 Å². The molecule has 24 N–H and O–H groups in total. The van der Waals surface area contributed by atoms with Gasteiger partial charge in [0.2, 0.25) is 0 Å². The van der Waals surface area contributed by atoms with E-state index in [2.05, 4.69) is 0 Å². The van der Waals surface area contributed by atoms with E-state index in [1.165, 1.54) is 36.4 Å². The molecule has 0 fully saturated rings. The molecule has 10 aromatic carbocycles. The van der Waals surface area contributed by atoms with E-state index in [9.17, 15) is 105 Å². The first kappa shape index (κ1) is 76.8. The molecule has 0 aliphatic carbocycles. The van der Waals surface area contributed by atoms with Gasteiger partial charge in [0.25, 0.3) is 0 Å². The fourth-order valence-electron chi connectivity index (χ4n) is 8.06. The van der Waals surface area contributed by atoms with Gasteiger partial charge in [-0.25, -0.2) is 79.0 Å². The van der Waals surface area contributed by atoms with Gasteiger partial charge in [0.05, 0.1) is 33.4 Å². The third-order valence-electron chi connectivity index (χ3n) is 12.7. The first-order valence-electron chi connectivity index (χ1n) is 26.1. The second kappa shape index (κ2) is 30.7. The van der Waals surface area contributed by atoms with Crippen LogP contribution in [0.15, 0.2) is 121 Å². The molecular formula is C62H44F24N12. The molecule has 0 aromatic heterocycles. The molecule has 0 heterocycles. The van der Waals surface area contributed by atoms with E-state index < -0.39 is 173 Å². The molecule has 0 bridgehead atoms. The highest BCUT2D eigenvalue weighted by atomic mass is 19.4. The van der Waals surface area contributed by atoms with Gasteiger partial charge in [0.1, 0.15) is 80.9 Å². The molecule has 0 aliphatic rings. The fraction of sp³-hybridized carbons (Fsp3) is 0.0323. The molecule has 0 atom stereocenters. The average molecular weight is 1410 g/mol. The van der Waals surface area contributed by atoms with Crippen LogP contribution < -0.4 is 68.8 Å². The topological polar surface area (TPSA) is 312 Å². The lowest BCUT2D eigenvalue weighted by molar-refractivity contribution is -0.138. The molecule has 520 valence electrons. The van der Waals surface area contributed by atoms with E-state index in [4.69, 9.17) is 68.8 Å². The molecule has 0 unspecified atom stereocenters. The summed E-state index contributed by atoms with van der Waals surface area (Å²) in [5, 5.41) is 0. The summed E-state index contributed by atoms with van der Waals surface area (Å²) in [5.41, 5.74) is 50.0. The minimum atomic E-state index is -4.43. The number of rotatable bonds is 4. The van der Waals surface area contributed by atoms with E-state index in [1.807, 2.05) is 0 Å². The zero-order valence-electron chi connectivity index (χ0n) is 48.5. The van der Waals surface area contributed by atoms with Crippen LogP contribution in [0.1, 0.15) is 11.1 Å². The summed E-state index contributed by atoms with van der Waals surface area (Å²) in [6.07, 6.45) is -8.82. The first-order chi connectivity index (χ1) is 45.3. The van der Waals surface area contributed by atoms with Crippen LogP contribution in [0.25, 0.3) is 44.5 Å². The molecule has 10 aromatic rings. The number of alkyl halides is 6. The Morgan fingerprint density at radius 1 is 0.214 bits per heavy atom. The predicted octanol–water partition coefficient (Wildman–Crippen LogP) is 16.3. The summed E-state index contributed by atoms with van der Waals surface area (Å²) in [5.74, 6) is -27.7. The van der Waals surface area contributed by atoms with Crippen LogP contribution in [-0.4, -0.2) is 0 Å². The van der Waals surface area contributed by atoms with Crippen molar-refractivity contribution in [3.8, 4) is 44.5 Å². The third-order valence-corrected chi connectivity index (χ3v) is 12.7. The van der Waals surface area contributed by atoms with Gasteiger partial charge in [-0.2, -0.15) is 26.3 Å². The summed E-state index contributed by atoms with van der Waals surface area (Å²) in [6.45, 7) is 0. The van der Waals surface area contributed by atoms with Gasteiger partial charge >= 0.3 is 12.4 Å². The smallest absolute Gasteiger partial charge is 0.399 e. The second-order valence-electron chi connectivity index (χ2n) is 19.7. The highest BCUT2D eigenvalue weighted by Crippen LogP contribution is 2.41. The maximum absolute atomic E-state index is 13.6. The SMILES string of the molecule is Nc1c(F)c(F)c(-c2c(F)c(F)c(N)c(F)c2F)c(F)c1F.Nc1c(F)cc(-c2cc(F)c(N)c(F)c2)cc1F.Nc1cc(F)c(-c2c(F)cc(N)cc2F)c(F)c1.Nc1cc(N)cc(C(F)(F)F)c1.Nc1ccc(-c2ccc(N)cc2F)c(F)c1.Nc1ccc(N)c(C(F)(F)F)c1. The van der Waals surface area contributed by atoms with Gasteiger partial charge in [-0.15, -0.1) is 0 Å². The Morgan fingerprint density at radius 2 is 0.480 bits per heavy atom. The standard InChI is InChI=1S/C12H4F8N2.2C12H8F4N2.C12H10F2N2.2C7H7F3N2/c13-3-1(4(14)8(18)11(21)7(3)17)2-5(15)9(19)12(22)10(20)6(2)16;13-7-1-5(17)2-8(14)11(7)12-9(15)3-6(18)4-10(12)16;13-7-1-5(2-8(14)11(7)17)6-3-9(15)12(18)10(16)4-6;13-11-5-7(15)1-3-9(11)10-4-2-8(16)6-12(10)14;8-7(9,10)4-1-5(11)3-6(12)2-4;8-7(9,10)5-3-4(11)1-2-6(5)12/h21-22H2;2*1-4H,17-18H2;1-6H,15-16H2;2*1-3H,11-12H2. The lowest BCUT2D eigenvalue weighted by Gasteiger charge is -2.13. The number of halogens is 24. The molecule has 12 nitrogen and oxygen atoms in total. The number of benzene rings is 10. The van der Waals surface area contributed by atoms with Gasteiger partial charge in [0.15, 0.2) is 46.5 Å². The van der Waals surface area contributed by atoms with Crippen molar-refractivity contribution in [1.82, 2.24) is 0 Å². The molecule has 0 amide bonds. The molecule has 0 radical (unpaired) electrons. The van der Waals surface area contributed by atoms with Gasteiger partial charge in [-0.05, 0) is 132 Å². The van der Waals surface area contributed by atoms with Gasteiger partial charge in [-0.1, -0.05) is 0 Å². The highest BCUT2D eigenvalue weighted by molar-refractivity contribution is 5.74. The van der Waals surface area contributed by atoms with Crippen LogP contribution in [0.5, 0.6) is 0 Å². The summed E-state index contributed by atoms with van der Waals surface area (Å²) in [4.78, 5) is 0. The van der Waals surface area contributed by atoms with Crippen molar-refractivity contribution in [3.63, 3.8) is 0 Å². The number of nitrogen functional groups attached to an aromatic ring is 12. The van der Waals surface area contributed by atoms with Crippen molar-refractivity contribution < 1.29 is 105 Å². The minimum Gasteiger partial charge on any atom is -0.399 e. The normalized spacial score (nSPS) is 10.9. The minimum absolute atomic E-state index is 0.0160. The monoisotopic (exact) mass is 1410 g/mol. The molecular weight excluding hydrogens is 1370 g/mol. The summed E-state index contributed by atoms with van der Waals surface area (Å²) in [6, 6.07) is 21.2. The first-order valence-corrected chi connectivity index (χ1v) is 26.1. The number of hydrogen-bond donors (Lipinski definition) is 12. The predicted molar refractivity (Wildman–Crippen MR) is 323 cm³/mol. The Kier molecular flexibility index (Phi) is 24.1. The molecule has 98 heavy (non-hydrogen) atoms. The molecule has 0 aliphatic heterocycles. The Balaban J connectivity index is 0.000000215. The molecule has 0 saturated heterocycles. The van der Waals surface area contributed by atoms with Crippen LogP contribution in [0.2, 0.25) is 0 Å². The van der Waals surface area contributed by atoms with Crippen LogP contribution in [-0.2, 0) is 12.4 Å². The summed E-state index contributed by atoms with van der Waals surface area (Å²) < 4.78 is 314. The van der Waals surface area contributed by atoms with E-state index in [-0.39, 0.29) is 56.4 Å². The van der Waals surface area contributed by atoms with Crippen molar-refractivity contribution in [2.45, 2.75) is 12.4 Å². The quantitative estimate of drug-likeness (QED) is 0.0445. The van der Waals surface area contributed by atoms with Crippen LogP contribution in [0.3, 0.4) is 0 Å². The van der Waals surface area contributed by atoms with Gasteiger partial charge in [0, 0.05) is 56.6 Å². The maximum atomic E-state index is 13.6. The molecule has 0 spiro atoms. The van der Waals surface area contributed by atoms with E-state index in [0.717, 1.165) is 84.9 Å². The van der Waals surface area contributed by atoms with Gasteiger partial charge in [-0.3, -0.25) is 0 Å². The Labute approximate surface area is 535 Å². The van der Waals surface area contributed by atoms with Crippen molar-refractivity contribution in [2.75, 3.05) is 68.8 Å². The van der Waals surface area contributed by atoms with Gasteiger partial charge < -0.3 is 68.8 Å². The Hall–Kier alpha value is -11.9. The number of anilines is 12. The van der Waals surface area contributed by atoms with Crippen molar-refractivity contribution in [2.24, 2.45) is 0 Å². The molecule has 36 heteroatoms. The Bertz CT molecular complexity index is 4250. The fourth-order valence-corrected chi connectivity index (χ4v) is 8.06. The Morgan fingerprint density at radius 3 is 0.745 bits per heavy atom. The lowest BCUT2D eigenvalue weighted by atomic mass is 10.0. The summed E-state index contributed by atoms with van der Waals surface area (Å²) >= 11 is 0. The number of hydrogen-bond acceptors (Lipinski definition) is 12. The zero-order valence-corrected chi connectivity index (χ0v) is 48.5. The highest BCUT2D eigenvalue weighted by Gasteiger charge is 2.35. The molecule has 10 rings (SSSR count). The summed E-state index contributed by atoms with van der Waals surface area (Å²) in [7, 11) is 0. The van der Waals surface area contributed by atoms with Crippen LogP contribution >= 0.6 is 0 Å². The van der Waals surface area contributed by atoms with Crippen LogP contribution in [0.4, 0.5) is 174 Å². The lowest BCUT2D eigenvalue weighted by Crippen LogP contribution is -2.10. The molecule has 0 saturated carbocycles.